The molecule has 0 aliphatic heterocycles. The fourth-order valence-electron chi connectivity index (χ4n) is 7.15. The molecule has 0 aromatic carbocycles. The van der Waals surface area contributed by atoms with Crippen LogP contribution >= 0.6 is 0 Å². The van der Waals surface area contributed by atoms with Crippen LogP contribution in [0.15, 0.2) is 0 Å². The molecule has 272 valence electrons. The van der Waals surface area contributed by atoms with Crippen molar-refractivity contribution in [2.45, 2.75) is 219 Å². The fourth-order valence-corrected chi connectivity index (χ4v) is 7.73. The predicted octanol–water partition coefficient (Wildman–Crippen LogP) is 11.5. The van der Waals surface area contributed by atoms with Crippen LogP contribution in [-0.4, -0.2) is 60.6 Å². The Labute approximate surface area is 283 Å². The Hall–Kier alpha value is -0.170. The summed E-state index contributed by atoms with van der Waals surface area (Å²) in [4.78, 5) is 0. The van der Waals surface area contributed by atoms with Crippen molar-refractivity contribution in [3.8, 4) is 0 Å². The van der Waals surface area contributed by atoms with Gasteiger partial charge in [-0.05, 0) is 38.5 Å². The largest absolute Gasteiger partial charge is 0.748 e. The zero-order valence-corrected chi connectivity index (χ0v) is 31.7. The van der Waals surface area contributed by atoms with Crippen LogP contribution in [0.25, 0.3) is 0 Å². The average Bonchev–Trinajstić information content (AvgIpc) is 2.99. The van der Waals surface area contributed by atoms with Gasteiger partial charge in [0, 0.05) is 0 Å². The van der Waals surface area contributed by atoms with Crippen molar-refractivity contribution in [3.63, 3.8) is 0 Å². The first-order valence-electron chi connectivity index (χ1n) is 20.2. The summed E-state index contributed by atoms with van der Waals surface area (Å²) in [5.41, 5.74) is 0. The first-order valence-corrected chi connectivity index (χ1v) is 21.8. The number of hydrogen-bond donors (Lipinski definition) is 1. The Bertz CT molecular complexity index is 639. The molecule has 0 rings (SSSR count). The van der Waals surface area contributed by atoms with E-state index in [1.54, 1.807) is 0 Å². The first kappa shape index (κ1) is 44.8. The molecule has 0 saturated heterocycles. The number of aliphatic hydroxyl groups excluding tert-OH is 1. The molecule has 5 nitrogen and oxygen atoms in total. The molecule has 1 unspecified atom stereocenters. The summed E-state index contributed by atoms with van der Waals surface area (Å²) in [5, 5.41) is 10.8. The van der Waals surface area contributed by atoms with Crippen molar-refractivity contribution in [1.29, 1.82) is 0 Å². The van der Waals surface area contributed by atoms with E-state index in [1.807, 2.05) is 0 Å². The Balaban J connectivity index is 4.96. The number of unbranched alkanes of at least 4 members (excludes halogenated alkanes) is 27. The summed E-state index contributed by atoms with van der Waals surface area (Å²) in [5.74, 6) is -0.652. The first-order chi connectivity index (χ1) is 21.8. The number of nitrogens with zero attached hydrogens (tertiary/aromatic N) is 1. The minimum Gasteiger partial charge on any atom is -0.748 e. The van der Waals surface area contributed by atoms with E-state index in [0.29, 0.717) is 6.54 Å². The molecular formula is C39H81NO4S. The van der Waals surface area contributed by atoms with Crippen LogP contribution < -0.4 is 0 Å². The maximum Gasteiger partial charge on any atom is 0.116 e. The summed E-state index contributed by atoms with van der Waals surface area (Å²) in [6.45, 7) is 10.2. The highest BCUT2D eigenvalue weighted by molar-refractivity contribution is 7.85. The molecular weight excluding hydrogens is 578 g/mol. The lowest BCUT2D eigenvalue weighted by atomic mass is 10.0. The van der Waals surface area contributed by atoms with Gasteiger partial charge in [0.15, 0.2) is 0 Å². The molecule has 6 heteroatoms. The van der Waals surface area contributed by atoms with Crippen LogP contribution in [0.3, 0.4) is 0 Å². The molecule has 45 heavy (non-hydrogen) atoms. The summed E-state index contributed by atoms with van der Waals surface area (Å²) < 4.78 is 35.4. The third-order valence-electron chi connectivity index (χ3n) is 9.95. The Morgan fingerprint density at radius 2 is 0.667 bits per heavy atom. The van der Waals surface area contributed by atoms with E-state index in [2.05, 4.69) is 20.8 Å². The van der Waals surface area contributed by atoms with Crippen molar-refractivity contribution in [1.82, 2.24) is 0 Å². The van der Waals surface area contributed by atoms with E-state index in [0.717, 1.165) is 43.4 Å². The molecule has 1 N–H and O–H groups in total. The van der Waals surface area contributed by atoms with Crippen LogP contribution in [0.4, 0.5) is 0 Å². The van der Waals surface area contributed by atoms with E-state index in [-0.39, 0.29) is 0 Å². The molecule has 0 heterocycles. The monoisotopic (exact) mass is 660 g/mol. The van der Waals surface area contributed by atoms with Gasteiger partial charge < -0.3 is 14.1 Å². The number of hydrogen-bond acceptors (Lipinski definition) is 4. The number of quaternary nitrogens is 1. The zero-order chi connectivity index (χ0) is 33.3. The number of rotatable bonds is 37. The van der Waals surface area contributed by atoms with Gasteiger partial charge in [-0.15, -0.1) is 0 Å². The maximum absolute atomic E-state index is 11.5. The van der Waals surface area contributed by atoms with E-state index in [1.165, 1.54) is 173 Å². The highest BCUT2D eigenvalue weighted by Gasteiger charge is 2.30. The van der Waals surface area contributed by atoms with E-state index in [4.69, 9.17) is 0 Å². The molecule has 0 spiro atoms. The third kappa shape index (κ3) is 32.2. The molecule has 0 aromatic heterocycles. The average molecular weight is 660 g/mol. The van der Waals surface area contributed by atoms with Gasteiger partial charge in [-0.25, -0.2) is 8.42 Å². The molecule has 0 fully saturated rings. The lowest BCUT2D eigenvalue weighted by Crippen LogP contribution is -2.55. The van der Waals surface area contributed by atoms with Gasteiger partial charge >= 0.3 is 0 Å². The molecule has 0 radical (unpaired) electrons. The van der Waals surface area contributed by atoms with Gasteiger partial charge in [-0.2, -0.15) is 0 Å². The van der Waals surface area contributed by atoms with Crippen molar-refractivity contribution in [2.75, 3.05) is 31.9 Å². The maximum atomic E-state index is 11.5. The fraction of sp³-hybridized carbons (Fsp3) is 1.00. The highest BCUT2D eigenvalue weighted by Crippen LogP contribution is 2.21. The van der Waals surface area contributed by atoms with Crippen LogP contribution in [0.2, 0.25) is 0 Å². The minimum atomic E-state index is -4.44. The molecule has 0 aliphatic carbocycles. The van der Waals surface area contributed by atoms with Gasteiger partial charge in [0.2, 0.25) is 0 Å². The molecule has 0 aliphatic rings. The Morgan fingerprint density at radius 1 is 0.444 bits per heavy atom. The zero-order valence-electron chi connectivity index (χ0n) is 30.9. The standard InChI is InChI=1S/C39H81NO4S/c1-4-7-10-13-16-19-22-25-28-31-34-40(37-39(41)38-45(42,43)44,35-32-29-26-23-20-17-14-11-8-5-2)36-33-30-27-24-21-18-15-12-9-6-3/h39,41H,4-38H2,1-3H3. The third-order valence-corrected chi connectivity index (χ3v) is 10.7. The van der Waals surface area contributed by atoms with Gasteiger partial charge in [-0.1, -0.05) is 175 Å². The molecule has 0 saturated carbocycles. The van der Waals surface area contributed by atoms with E-state index < -0.39 is 22.0 Å². The second-order valence-corrected chi connectivity index (χ2v) is 16.1. The summed E-state index contributed by atoms with van der Waals surface area (Å²) in [6, 6.07) is 0. The van der Waals surface area contributed by atoms with Crippen molar-refractivity contribution >= 4 is 10.1 Å². The Morgan fingerprint density at radius 3 is 0.889 bits per heavy atom. The number of aliphatic hydroxyl groups is 1. The summed E-state index contributed by atoms with van der Waals surface area (Å²) in [7, 11) is -4.44. The van der Waals surface area contributed by atoms with Crippen LogP contribution in [0.5, 0.6) is 0 Å². The smallest absolute Gasteiger partial charge is 0.116 e. The second-order valence-electron chi connectivity index (χ2n) is 14.6. The van der Waals surface area contributed by atoms with Crippen molar-refractivity contribution in [3.05, 3.63) is 0 Å². The molecule has 0 aromatic rings. The summed E-state index contributed by atoms with van der Waals surface area (Å²) >= 11 is 0. The Kier molecular flexibility index (Phi) is 32.3. The topological polar surface area (TPSA) is 77.4 Å². The van der Waals surface area contributed by atoms with Crippen LogP contribution in [0, 0.1) is 0 Å². The normalized spacial score (nSPS) is 13.1. The summed E-state index contributed by atoms with van der Waals surface area (Å²) in [6.07, 6.45) is 37.9. The van der Waals surface area contributed by atoms with Crippen molar-refractivity contribution in [2.24, 2.45) is 0 Å². The lowest BCUT2D eigenvalue weighted by molar-refractivity contribution is -0.931. The minimum absolute atomic E-state index is 0.410. The lowest BCUT2D eigenvalue weighted by Gasteiger charge is -2.41. The van der Waals surface area contributed by atoms with Gasteiger partial charge in [-0.3, -0.25) is 0 Å². The molecule has 0 amide bonds. The highest BCUT2D eigenvalue weighted by atomic mass is 32.2. The molecule has 0 bridgehead atoms. The quantitative estimate of drug-likeness (QED) is 0.0409. The predicted molar refractivity (Wildman–Crippen MR) is 196 cm³/mol. The van der Waals surface area contributed by atoms with Crippen LogP contribution in [0.1, 0.15) is 213 Å². The van der Waals surface area contributed by atoms with Gasteiger partial charge in [0.25, 0.3) is 0 Å². The second kappa shape index (κ2) is 32.4. The van der Waals surface area contributed by atoms with Crippen LogP contribution in [-0.2, 0) is 10.1 Å². The van der Waals surface area contributed by atoms with E-state index in [9.17, 15) is 18.1 Å². The SMILES string of the molecule is CCCCCCCCCCCC[N+](CCCCCCCCCCCC)(CCCCCCCCCCCC)CC(O)CS(=O)(=O)[O-]. The van der Waals surface area contributed by atoms with E-state index >= 15 is 0 Å². The van der Waals surface area contributed by atoms with Gasteiger partial charge in [0.1, 0.15) is 12.6 Å². The molecule has 1 atom stereocenters. The van der Waals surface area contributed by atoms with Gasteiger partial charge in [0.05, 0.1) is 35.5 Å². The van der Waals surface area contributed by atoms with Crippen molar-refractivity contribution < 1.29 is 22.6 Å².